The van der Waals surface area contributed by atoms with Gasteiger partial charge >= 0.3 is 0 Å². The highest BCUT2D eigenvalue weighted by molar-refractivity contribution is 8.00. The van der Waals surface area contributed by atoms with Gasteiger partial charge in [-0.05, 0) is 48.7 Å². The van der Waals surface area contributed by atoms with Crippen molar-refractivity contribution in [1.29, 1.82) is 0 Å². The first-order chi connectivity index (χ1) is 19.2. The number of aromatic nitrogens is 2. The minimum absolute atomic E-state index is 0.103. The molecule has 1 N–H and O–H groups in total. The lowest BCUT2D eigenvalue weighted by Crippen LogP contribution is -2.42. The molecule has 2 aromatic carbocycles. The second-order valence-electron chi connectivity index (χ2n) is 11.1. The summed E-state index contributed by atoms with van der Waals surface area (Å²) in [5, 5.41) is 7.87. The SMILES string of the molecule is COCCCNC(=O)CN1C(=O)CSC(c2ccc3c(c2)OCO3)c2c(C(C)(C)C)nn(-c3cccc(C)c3)c21. The van der Waals surface area contributed by atoms with Gasteiger partial charge in [0.2, 0.25) is 18.6 Å². The van der Waals surface area contributed by atoms with Gasteiger partial charge in [0.1, 0.15) is 12.4 Å². The Morgan fingerprint density at radius 3 is 2.73 bits per heavy atom. The number of anilines is 1. The van der Waals surface area contributed by atoms with Gasteiger partial charge in [-0.1, -0.05) is 39.0 Å². The monoisotopic (exact) mass is 564 g/mol. The Morgan fingerprint density at radius 1 is 1.18 bits per heavy atom. The number of hydrogen-bond donors (Lipinski definition) is 1. The molecule has 1 unspecified atom stereocenters. The molecule has 0 fully saturated rings. The van der Waals surface area contributed by atoms with Gasteiger partial charge in [0.25, 0.3) is 0 Å². The molecule has 10 heteroatoms. The Kier molecular flexibility index (Phi) is 8.09. The van der Waals surface area contributed by atoms with Gasteiger partial charge in [0.15, 0.2) is 11.5 Å². The molecule has 0 aliphatic carbocycles. The van der Waals surface area contributed by atoms with Crippen molar-refractivity contribution < 1.29 is 23.8 Å². The van der Waals surface area contributed by atoms with Crippen LogP contribution in [0.15, 0.2) is 42.5 Å². The molecule has 0 saturated carbocycles. The van der Waals surface area contributed by atoms with Gasteiger partial charge in [-0.15, -0.1) is 11.8 Å². The number of nitrogens with one attached hydrogen (secondary N) is 1. The average Bonchev–Trinajstić information content (AvgIpc) is 3.52. The van der Waals surface area contributed by atoms with Gasteiger partial charge in [0.05, 0.1) is 22.4 Å². The van der Waals surface area contributed by atoms with Crippen molar-refractivity contribution in [2.75, 3.05) is 44.3 Å². The first-order valence-corrected chi connectivity index (χ1v) is 14.5. The zero-order valence-corrected chi connectivity index (χ0v) is 24.5. The summed E-state index contributed by atoms with van der Waals surface area (Å²) in [6.45, 7) is 9.50. The van der Waals surface area contributed by atoms with E-state index in [-0.39, 0.29) is 41.6 Å². The normalized spacial score (nSPS) is 16.6. The highest BCUT2D eigenvalue weighted by Gasteiger charge is 2.40. The standard InChI is InChI=1S/C30H36N4O5S/c1-19-8-6-9-21(14-19)34-29-26(28(32-34)30(2,3)4)27(20-10-11-22-23(15-20)39-18-38-22)40-17-25(36)33(29)16-24(35)31-12-7-13-37-5/h6,8-11,14-15,27H,7,12-13,16-18H2,1-5H3,(H,31,35). The zero-order chi connectivity index (χ0) is 28.4. The van der Waals surface area contributed by atoms with Crippen molar-refractivity contribution in [1.82, 2.24) is 15.1 Å². The molecule has 0 spiro atoms. The molecular weight excluding hydrogens is 528 g/mol. The van der Waals surface area contributed by atoms with E-state index in [9.17, 15) is 9.59 Å². The van der Waals surface area contributed by atoms with Crippen LogP contribution in [0.25, 0.3) is 5.69 Å². The lowest BCUT2D eigenvalue weighted by Gasteiger charge is -2.24. The molecule has 0 bridgehead atoms. The molecule has 1 atom stereocenters. The van der Waals surface area contributed by atoms with Crippen LogP contribution >= 0.6 is 11.8 Å². The molecule has 212 valence electrons. The van der Waals surface area contributed by atoms with E-state index < -0.39 is 0 Å². The van der Waals surface area contributed by atoms with Gasteiger partial charge in [-0.2, -0.15) is 5.10 Å². The van der Waals surface area contributed by atoms with Crippen molar-refractivity contribution in [3.8, 4) is 17.2 Å². The summed E-state index contributed by atoms with van der Waals surface area (Å²) in [5.41, 5.74) is 4.36. The number of nitrogens with zero attached hydrogens (tertiary/aromatic N) is 3. The van der Waals surface area contributed by atoms with Crippen molar-refractivity contribution >= 4 is 29.4 Å². The van der Waals surface area contributed by atoms with Crippen LogP contribution in [-0.4, -0.2) is 60.9 Å². The fourth-order valence-electron chi connectivity index (χ4n) is 5.00. The largest absolute Gasteiger partial charge is 0.454 e. The van der Waals surface area contributed by atoms with Crippen LogP contribution in [0.1, 0.15) is 54.8 Å². The Hall–Kier alpha value is -3.50. The van der Waals surface area contributed by atoms with E-state index in [2.05, 4.69) is 26.1 Å². The molecule has 0 saturated heterocycles. The number of hydrogen-bond acceptors (Lipinski definition) is 7. The third-order valence-electron chi connectivity index (χ3n) is 6.89. The summed E-state index contributed by atoms with van der Waals surface area (Å²) in [6, 6.07) is 14.0. The number of amides is 2. The molecule has 5 rings (SSSR count). The van der Waals surface area contributed by atoms with E-state index >= 15 is 0 Å². The van der Waals surface area contributed by atoms with Gasteiger partial charge in [0, 0.05) is 31.2 Å². The summed E-state index contributed by atoms with van der Waals surface area (Å²) in [6.07, 6.45) is 0.693. The number of carbonyl (C=O) groups excluding carboxylic acids is 2. The molecule has 2 amide bonds. The molecule has 1 aromatic heterocycles. The number of rotatable bonds is 8. The lowest BCUT2D eigenvalue weighted by molar-refractivity contribution is -0.122. The van der Waals surface area contributed by atoms with E-state index in [1.807, 2.05) is 54.1 Å². The maximum Gasteiger partial charge on any atom is 0.240 e. The number of thioether (sulfide) groups is 1. The smallest absolute Gasteiger partial charge is 0.240 e. The van der Waals surface area contributed by atoms with Crippen LogP contribution in [0.4, 0.5) is 5.82 Å². The quantitative estimate of drug-likeness (QED) is 0.402. The molecule has 3 heterocycles. The van der Waals surface area contributed by atoms with E-state index in [1.54, 1.807) is 23.8 Å². The molecule has 0 radical (unpaired) electrons. The number of methoxy groups -OCH3 is 1. The van der Waals surface area contributed by atoms with E-state index in [1.165, 1.54) is 0 Å². The number of carbonyl (C=O) groups is 2. The fourth-order valence-corrected chi connectivity index (χ4v) is 6.18. The summed E-state index contributed by atoms with van der Waals surface area (Å²) in [4.78, 5) is 28.5. The Labute approximate surface area is 239 Å². The minimum atomic E-state index is -0.338. The van der Waals surface area contributed by atoms with Crippen LogP contribution in [0.2, 0.25) is 0 Å². The number of ether oxygens (including phenoxy) is 3. The van der Waals surface area contributed by atoms with Crippen molar-refractivity contribution in [3.05, 3.63) is 64.8 Å². The molecule has 2 aliphatic heterocycles. The van der Waals surface area contributed by atoms with Crippen molar-refractivity contribution in [2.24, 2.45) is 0 Å². The number of aryl methyl sites for hydroxylation is 1. The van der Waals surface area contributed by atoms with Gasteiger partial charge < -0.3 is 19.5 Å². The van der Waals surface area contributed by atoms with Crippen LogP contribution < -0.4 is 19.7 Å². The van der Waals surface area contributed by atoms with Crippen LogP contribution in [0.3, 0.4) is 0 Å². The van der Waals surface area contributed by atoms with Gasteiger partial charge in [-0.25, -0.2) is 4.68 Å². The van der Waals surface area contributed by atoms with Crippen LogP contribution in [-0.2, 0) is 19.7 Å². The Balaban J connectivity index is 1.67. The molecule has 3 aromatic rings. The third kappa shape index (κ3) is 5.69. The summed E-state index contributed by atoms with van der Waals surface area (Å²) in [7, 11) is 1.63. The molecular formula is C30H36N4O5S. The topological polar surface area (TPSA) is 94.9 Å². The fraction of sp³-hybridized carbons (Fsp3) is 0.433. The third-order valence-corrected chi connectivity index (χ3v) is 8.15. The maximum atomic E-state index is 13.8. The summed E-state index contributed by atoms with van der Waals surface area (Å²) < 4.78 is 18.2. The Morgan fingerprint density at radius 2 is 1.98 bits per heavy atom. The van der Waals surface area contributed by atoms with Crippen molar-refractivity contribution in [2.45, 2.75) is 44.8 Å². The van der Waals surface area contributed by atoms with Crippen molar-refractivity contribution in [3.63, 3.8) is 0 Å². The predicted octanol–water partition coefficient (Wildman–Crippen LogP) is 4.53. The average molecular weight is 565 g/mol. The Bertz CT molecular complexity index is 1410. The molecule has 9 nitrogen and oxygen atoms in total. The predicted molar refractivity (Wildman–Crippen MR) is 156 cm³/mol. The maximum absolute atomic E-state index is 13.8. The lowest BCUT2D eigenvalue weighted by atomic mass is 9.87. The first-order valence-electron chi connectivity index (χ1n) is 13.4. The van der Waals surface area contributed by atoms with E-state index in [4.69, 9.17) is 19.3 Å². The van der Waals surface area contributed by atoms with E-state index in [0.717, 1.165) is 28.1 Å². The zero-order valence-electron chi connectivity index (χ0n) is 23.7. The van der Waals surface area contributed by atoms with Gasteiger partial charge in [-0.3, -0.25) is 14.5 Å². The number of fused-ring (bicyclic) bond motifs is 2. The highest BCUT2D eigenvalue weighted by atomic mass is 32.2. The van der Waals surface area contributed by atoms with Crippen LogP contribution in [0.5, 0.6) is 11.5 Å². The molecule has 2 aliphatic rings. The first kappa shape index (κ1) is 28.0. The van der Waals surface area contributed by atoms with E-state index in [0.29, 0.717) is 36.9 Å². The second kappa shape index (κ2) is 11.5. The minimum Gasteiger partial charge on any atom is -0.454 e. The number of benzene rings is 2. The highest BCUT2D eigenvalue weighted by Crippen LogP contribution is 2.49. The van der Waals surface area contributed by atoms with Crippen LogP contribution in [0, 0.1) is 6.92 Å². The summed E-state index contributed by atoms with van der Waals surface area (Å²) in [5.74, 6) is 1.86. The molecule has 40 heavy (non-hydrogen) atoms. The summed E-state index contributed by atoms with van der Waals surface area (Å²) >= 11 is 1.54. The second-order valence-corrected chi connectivity index (χ2v) is 12.2.